The van der Waals surface area contributed by atoms with Crippen LogP contribution in [0.1, 0.15) is 68.9 Å². The van der Waals surface area contributed by atoms with Crippen molar-refractivity contribution in [3.8, 4) is 16.9 Å². The third-order valence-electron chi connectivity index (χ3n) is 6.17. The zero-order valence-electron chi connectivity index (χ0n) is 17.3. The summed E-state index contributed by atoms with van der Waals surface area (Å²) in [6.45, 7) is 2.17. The van der Waals surface area contributed by atoms with E-state index in [0.29, 0.717) is 12.0 Å². The van der Waals surface area contributed by atoms with E-state index in [1.54, 1.807) is 6.07 Å². The molecule has 0 saturated heterocycles. The summed E-state index contributed by atoms with van der Waals surface area (Å²) < 4.78 is 74.6. The molecule has 3 rings (SSSR count). The Labute approximate surface area is 174 Å². The number of methoxy groups -OCH3 is 1. The number of hydrogen-bond acceptors (Lipinski definition) is 1. The van der Waals surface area contributed by atoms with E-state index in [9.17, 15) is 17.6 Å². The number of ether oxygens (including phenoxy) is 1. The maximum Gasteiger partial charge on any atom is 0.419 e. The highest BCUT2D eigenvalue weighted by Gasteiger charge is 2.39. The minimum absolute atomic E-state index is 0.197. The van der Waals surface area contributed by atoms with Crippen LogP contribution in [0.3, 0.4) is 0 Å². The number of halogens is 5. The van der Waals surface area contributed by atoms with Gasteiger partial charge in [-0.15, -0.1) is 0 Å². The van der Waals surface area contributed by atoms with Gasteiger partial charge in [0, 0.05) is 11.1 Å². The van der Waals surface area contributed by atoms with Crippen LogP contribution in [0.5, 0.6) is 5.75 Å². The molecular formula is C24H27F5O. The molecule has 2 aromatic carbocycles. The molecule has 0 amide bonds. The lowest BCUT2D eigenvalue weighted by molar-refractivity contribution is -0.139. The summed E-state index contributed by atoms with van der Waals surface area (Å²) in [5.74, 6) is -1.56. The summed E-state index contributed by atoms with van der Waals surface area (Å²) in [7, 11) is 1.18. The molecule has 0 radical (unpaired) electrons. The van der Waals surface area contributed by atoms with Crippen molar-refractivity contribution in [2.75, 3.05) is 7.11 Å². The summed E-state index contributed by atoms with van der Waals surface area (Å²) in [4.78, 5) is 0. The molecule has 1 fully saturated rings. The molecule has 0 atom stereocenters. The largest absolute Gasteiger partial charge is 0.496 e. The number of benzene rings is 2. The van der Waals surface area contributed by atoms with E-state index in [0.717, 1.165) is 37.3 Å². The van der Waals surface area contributed by atoms with Gasteiger partial charge >= 0.3 is 6.18 Å². The van der Waals surface area contributed by atoms with E-state index in [1.807, 2.05) is 0 Å². The highest BCUT2D eigenvalue weighted by molar-refractivity contribution is 5.75. The minimum atomic E-state index is -4.98. The van der Waals surface area contributed by atoms with Crippen LogP contribution in [-0.2, 0) is 6.18 Å². The van der Waals surface area contributed by atoms with Crippen LogP contribution in [0.2, 0.25) is 0 Å². The van der Waals surface area contributed by atoms with Crippen molar-refractivity contribution in [1.82, 2.24) is 0 Å². The number of rotatable bonds is 6. The van der Waals surface area contributed by atoms with Crippen molar-refractivity contribution in [2.45, 2.75) is 64.0 Å². The van der Waals surface area contributed by atoms with Gasteiger partial charge in [-0.2, -0.15) is 13.2 Å². The molecule has 164 valence electrons. The second kappa shape index (κ2) is 9.36. The van der Waals surface area contributed by atoms with E-state index in [1.165, 1.54) is 38.5 Å². The predicted molar refractivity (Wildman–Crippen MR) is 108 cm³/mol. The van der Waals surface area contributed by atoms with Gasteiger partial charge in [0.15, 0.2) is 0 Å². The molecule has 0 unspecified atom stereocenters. The van der Waals surface area contributed by atoms with Crippen LogP contribution in [0, 0.1) is 17.6 Å². The highest BCUT2D eigenvalue weighted by Crippen LogP contribution is 2.45. The fraction of sp³-hybridized carbons (Fsp3) is 0.500. The summed E-state index contributed by atoms with van der Waals surface area (Å²) in [6, 6.07) is 6.07. The van der Waals surface area contributed by atoms with Gasteiger partial charge in [0.25, 0.3) is 0 Å². The average Bonchev–Trinajstić information content (AvgIpc) is 2.71. The first-order valence-corrected chi connectivity index (χ1v) is 10.5. The third-order valence-corrected chi connectivity index (χ3v) is 6.17. The number of hydrogen-bond donors (Lipinski definition) is 0. The van der Waals surface area contributed by atoms with Crippen molar-refractivity contribution < 1.29 is 26.7 Å². The van der Waals surface area contributed by atoms with Gasteiger partial charge in [-0.3, -0.25) is 0 Å². The molecule has 0 aromatic heterocycles. The molecule has 30 heavy (non-hydrogen) atoms. The first kappa shape index (κ1) is 22.6. The van der Waals surface area contributed by atoms with E-state index in [4.69, 9.17) is 4.74 Å². The Morgan fingerprint density at radius 2 is 1.67 bits per heavy atom. The summed E-state index contributed by atoms with van der Waals surface area (Å²) in [5, 5.41) is 0. The van der Waals surface area contributed by atoms with Crippen LogP contribution in [0.15, 0.2) is 30.3 Å². The third kappa shape index (κ3) is 4.79. The SMILES string of the molecule is CCCCC1CCC(c2ccc(-c3c(OC)ccc(F)c3C(F)(F)F)c(F)c2)CC1. The quantitative estimate of drug-likeness (QED) is 0.424. The molecule has 1 aliphatic rings. The Hall–Kier alpha value is -2.11. The Kier molecular flexibility index (Phi) is 7.04. The number of alkyl halides is 3. The fourth-order valence-electron chi connectivity index (χ4n) is 4.54. The molecule has 1 nitrogen and oxygen atoms in total. The Morgan fingerprint density at radius 1 is 0.967 bits per heavy atom. The van der Waals surface area contributed by atoms with Crippen LogP contribution >= 0.6 is 0 Å². The lowest BCUT2D eigenvalue weighted by atomic mass is 9.77. The monoisotopic (exact) mass is 426 g/mol. The van der Waals surface area contributed by atoms with Crippen molar-refractivity contribution in [3.63, 3.8) is 0 Å². The minimum Gasteiger partial charge on any atom is -0.496 e. The van der Waals surface area contributed by atoms with Crippen LogP contribution in [-0.4, -0.2) is 7.11 Å². The first-order valence-electron chi connectivity index (χ1n) is 10.5. The van der Waals surface area contributed by atoms with Crippen molar-refractivity contribution in [2.24, 2.45) is 5.92 Å². The van der Waals surface area contributed by atoms with Gasteiger partial charge in [0.2, 0.25) is 0 Å². The van der Waals surface area contributed by atoms with E-state index in [-0.39, 0.29) is 17.2 Å². The lowest BCUT2D eigenvalue weighted by Crippen LogP contribution is -2.14. The molecule has 1 saturated carbocycles. The second-order valence-electron chi connectivity index (χ2n) is 8.10. The summed E-state index contributed by atoms with van der Waals surface area (Å²) >= 11 is 0. The molecule has 2 aromatic rings. The van der Waals surface area contributed by atoms with E-state index >= 15 is 4.39 Å². The van der Waals surface area contributed by atoms with Crippen LogP contribution < -0.4 is 4.74 Å². The Bertz CT molecular complexity index is 867. The van der Waals surface area contributed by atoms with Gasteiger partial charge in [-0.25, -0.2) is 8.78 Å². The topological polar surface area (TPSA) is 9.23 Å². The molecule has 6 heteroatoms. The first-order chi connectivity index (χ1) is 14.3. The second-order valence-corrected chi connectivity index (χ2v) is 8.10. The van der Waals surface area contributed by atoms with Crippen LogP contribution in [0.4, 0.5) is 22.0 Å². The van der Waals surface area contributed by atoms with Gasteiger partial charge < -0.3 is 4.74 Å². The molecule has 0 bridgehead atoms. The van der Waals surface area contributed by atoms with E-state index in [2.05, 4.69) is 6.92 Å². The van der Waals surface area contributed by atoms with Crippen LogP contribution in [0.25, 0.3) is 11.1 Å². The smallest absolute Gasteiger partial charge is 0.419 e. The number of unbranched alkanes of at least 4 members (excludes halogenated alkanes) is 1. The van der Waals surface area contributed by atoms with E-state index < -0.39 is 28.9 Å². The van der Waals surface area contributed by atoms with Crippen molar-refractivity contribution in [1.29, 1.82) is 0 Å². The zero-order valence-corrected chi connectivity index (χ0v) is 17.3. The fourth-order valence-corrected chi connectivity index (χ4v) is 4.54. The molecule has 0 aliphatic heterocycles. The molecule has 0 spiro atoms. The van der Waals surface area contributed by atoms with Crippen molar-refractivity contribution >= 4 is 0 Å². The molecule has 0 heterocycles. The van der Waals surface area contributed by atoms with Gasteiger partial charge in [0.1, 0.15) is 22.9 Å². The van der Waals surface area contributed by atoms with Crippen molar-refractivity contribution in [3.05, 3.63) is 53.1 Å². The lowest BCUT2D eigenvalue weighted by Gasteiger charge is -2.29. The summed E-state index contributed by atoms with van der Waals surface area (Å²) in [6.07, 6.45) is 2.71. The Balaban J connectivity index is 1.91. The maximum absolute atomic E-state index is 15.0. The summed E-state index contributed by atoms with van der Waals surface area (Å²) in [5.41, 5.74) is -1.63. The normalized spacial score (nSPS) is 19.7. The highest BCUT2D eigenvalue weighted by atomic mass is 19.4. The maximum atomic E-state index is 15.0. The standard InChI is InChI=1S/C24H27F5O/c1-3-4-5-15-6-8-16(9-7-15)17-10-11-18(20(26)14-17)22-21(30-2)13-12-19(25)23(22)24(27,28)29/h10-16H,3-9H2,1-2H3. The average molecular weight is 426 g/mol. The molecule has 1 aliphatic carbocycles. The Morgan fingerprint density at radius 3 is 2.23 bits per heavy atom. The van der Waals surface area contributed by atoms with Gasteiger partial charge in [0.05, 0.1) is 7.11 Å². The predicted octanol–water partition coefficient (Wildman–Crippen LogP) is 8.12. The van der Waals surface area contributed by atoms with Gasteiger partial charge in [-0.1, -0.05) is 38.3 Å². The zero-order chi connectivity index (χ0) is 21.9. The molecule has 0 N–H and O–H groups in total. The van der Waals surface area contributed by atoms with Gasteiger partial charge in [-0.05, 0) is 61.3 Å². The molecular weight excluding hydrogens is 399 g/mol.